The molecule has 13 heteroatoms. The number of rotatable bonds is 14. The average molecular weight is 751 g/mol. The molecule has 3 aromatic rings. The Morgan fingerprint density at radius 2 is 1.63 bits per heavy atom. The number of aromatic hydroxyl groups is 2. The third-order valence-corrected chi connectivity index (χ3v) is 9.49. The van der Waals surface area contributed by atoms with E-state index in [9.17, 15) is 19.5 Å². The normalized spacial score (nSPS) is 19.3. The van der Waals surface area contributed by atoms with Crippen LogP contribution in [0, 0.1) is 5.92 Å². The molecule has 2 saturated heterocycles. The Balaban J connectivity index is 0.000000225. The van der Waals surface area contributed by atoms with E-state index in [-0.39, 0.29) is 35.4 Å². The second-order valence-corrected chi connectivity index (χ2v) is 13.7. The zero-order valence-electron chi connectivity index (χ0n) is 32.4. The van der Waals surface area contributed by atoms with Gasteiger partial charge in [0.15, 0.2) is 11.5 Å². The number of ether oxygens (including phenoxy) is 3. The van der Waals surface area contributed by atoms with Crippen LogP contribution >= 0.6 is 0 Å². The van der Waals surface area contributed by atoms with Crippen molar-refractivity contribution in [3.63, 3.8) is 0 Å². The van der Waals surface area contributed by atoms with E-state index < -0.39 is 18.1 Å². The number of hydrogen-bond donors (Lipinski definition) is 5. The van der Waals surface area contributed by atoms with E-state index in [4.69, 9.17) is 24.4 Å². The molecule has 0 amide bonds. The number of carbonyl (C=O) groups is 3. The smallest absolute Gasteiger partial charge is 0.338 e. The van der Waals surface area contributed by atoms with Crippen molar-refractivity contribution < 1.29 is 43.9 Å². The number of benzene rings is 3. The molecule has 5 rings (SSSR count). The molecule has 3 aromatic carbocycles. The van der Waals surface area contributed by atoms with E-state index in [1.165, 1.54) is 25.7 Å². The van der Waals surface area contributed by atoms with Gasteiger partial charge in [-0.05, 0) is 102 Å². The number of methoxy groups -OCH3 is 1. The van der Waals surface area contributed by atoms with Gasteiger partial charge in [-0.3, -0.25) is 9.69 Å². The van der Waals surface area contributed by atoms with Crippen LogP contribution in [0.3, 0.4) is 0 Å². The van der Waals surface area contributed by atoms with E-state index >= 15 is 0 Å². The maximum atomic E-state index is 12.3. The molecule has 5 atom stereocenters. The van der Waals surface area contributed by atoms with Gasteiger partial charge in [0.2, 0.25) is 0 Å². The highest BCUT2D eigenvalue weighted by Gasteiger charge is 2.51. The number of aliphatic hydroxyl groups excluding tert-OH is 1. The Morgan fingerprint density at radius 1 is 0.944 bits per heavy atom. The van der Waals surface area contributed by atoms with Crippen LogP contribution in [0.5, 0.6) is 11.5 Å². The SMILES string of the molecule is CCCCNc1ccc(C(=O)OCCN(C)C)cc1.CNC[C@H](O)c1ccc(O)c(O)c1.COC(=O)[C@H]1[C@@H](OC(=O)c2ccccc2)C[C@H]2CC[C@@H]1N2C. The molecule has 0 spiro atoms. The van der Waals surface area contributed by atoms with Gasteiger partial charge in [-0.25, -0.2) is 9.59 Å². The van der Waals surface area contributed by atoms with Crippen LogP contribution in [-0.2, 0) is 19.0 Å². The molecule has 0 radical (unpaired) electrons. The first-order chi connectivity index (χ1) is 25.9. The summed E-state index contributed by atoms with van der Waals surface area (Å²) in [5, 5.41) is 33.7. The van der Waals surface area contributed by atoms with Gasteiger partial charge in [-0.15, -0.1) is 0 Å². The number of nitrogens with one attached hydrogen (secondary N) is 2. The number of hydrogen-bond acceptors (Lipinski definition) is 13. The number of likely N-dealkylation sites (N-methyl/N-ethyl adjacent to an activating group) is 2. The Hall–Kier alpha value is -4.69. The summed E-state index contributed by atoms with van der Waals surface area (Å²) in [5.74, 6) is -1.72. The van der Waals surface area contributed by atoms with Crippen molar-refractivity contribution in [3.05, 3.63) is 89.5 Å². The van der Waals surface area contributed by atoms with E-state index in [1.54, 1.807) is 49.5 Å². The third-order valence-electron chi connectivity index (χ3n) is 9.49. The molecule has 5 N–H and O–H groups in total. The zero-order valence-corrected chi connectivity index (χ0v) is 32.4. The molecule has 2 aliphatic rings. The van der Waals surface area contributed by atoms with Crippen LogP contribution < -0.4 is 10.6 Å². The zero-order chi connectivity index (χ0) is 39.6. The standard InChI is InChI=1S/C17H21NO4.C15H24N2O2.C9H13NO3/c1-18-12-8-9-13(18)15(17(20)21-2)14(10-12)22-16(19)11-6-4-3-5-7-11;1-4-5-10-16-14-8-6-13(7-9-14)15(18)19-12-11-17(2)3;1-10-5-9(13)6-2-3-7(11)8(12)4-6/h3-7,12-15H,8-10H2,1-2H3;6-9,16H,4-5,10-12H2,1-3H3;2-4,9-13H,5H2,1H3/t12-,13+,14+,15-;;9-/m1.0/s1. The number of esters is 3. The van der Waals surface area contributed by atoms with Crippen LogP contribution in [-0.4, -0.2) is 123 Å². The van der Waals surface area contributed by atoms with E-state index in [1.807, 2.05) is 44.2 Å². The molecular formula is C41H58N4O9. The van der Waals surface area contributed by atoms with Crippen LogP contribution in [0.4, 0.5) is 5.69 Å². The molecule has 2 aliphatic heterocycles. The van der Waals surface area contributed by atoms with Crippen molar-refractivity contribution in [1.82, 2.24) is 15.1 Å². The number of piperidine rings is 1. The molecule has 0 aromatic heterocycles. The summed E-state index contributed by atoms with van der Waals surface area (Å²) in [6.07, 6.45) is 3.91. The monoisotopic (exact) mass is 750 g/mol. The van der Waals surface area contributed by atoms with Gasteiger partial charge in [-0.1, -0.05) is 37.6 Å². The molecule has 2 bridgehead atoms. The topological polar surface area (TPSA) is 170 Å². The number of carbonyl (C=O) groups excluding carboxylic acids is 3. The molecule has 13 nitrogen and oxygen atoms in total. The Labute approximate surface area is 319 Å². The summed E-state index contributed by atoms with van der Waals surface area (Å²) in [6.45, 7) is 4.69. The van der Waals surface area contributed by atoms with Crippen LogP contribution in [0.2, 0.25) is 0 Å². The highest BCUT2D eigenvalue weighted by Crippen LogP contribution is 2.40. The molecule has 54 heavy (non-hydrogen) atoms. The second-order valence-electron chi connectivity index (χ2n) is 13.7. The number of anilines is 1. The summed E-state index contributed by atoms with van der Waals surface area (Å²) in [5.41, 5.74) is 2.72. The molecule has 0 unspecified atom stereocenters. The predicted octanol–water partition coefficient (Wildman–Crippen LogP) is 4.84. The molecule has 0 saturated carbocycles. The van der Waals surface area contributed by atoms with Crippen LogP contribution in [0.1, 0.15) is 71.4 Å². The number of fused-ring (bicyclic) bond motifs is 2. The van der Waals surface area contributed by atoms with Crippen LogP contribution in [0.15, 0.2) is 72.8 Å². The summed E-state index contributed by atoms with van der Waals surface area (Å²) in [6, 6.07) is 21.0. The lowest BCUT2D eigenvalue weighted by molar-refractivity contribution is -0.156. The Morgan fingerprint density at radius 3 is 2.24 bits per heavy atom. The molecule has 2 heterocycles. The lowest BCUT2D eigenvalue weighted by Gasteiger charge is -2.40. The fourth-order valence-corrected chi connectivity index (χ4v) is 6.36. The molecule has 296 valence electrons. The largest absolute Gasteiger partial charge is 0.504 e. The Kier molecular flexibility index (Phi) is 18.2. The van der Waals surface area contributed by atoms with Gasteiger partial charge in [0.25, 0.3) is 0 Å². The number of phenols is 2. The van der Waals surface area contributed by atoms with Gasteiger partial charge in [0.1, 0.15) is 18.6 Å². The van der Waals surface area contributed by atoms with Gasteiger partial charge in [0, 0.05) is 43.8 Å². The van der Waals surface area contributed by atoms with Crippen LogP contribution in [0.25, 0.3) is 0 Å². The van der Waals surface area contributed by atoms with Crippen molar-refractivity contribution in [2.75, 3.05) is 66.9 Å². The van der Waals surface area contributed by atoms with Crippen molar-refractivity contribution in [2.24, 2.45) is 5.92 Å². The number of aliphatic hydroxyl groups is 1. The minimum Gasteiger partial charge on any atom is -0.504 e. The summed E-state index contributed by atoms with van der Waals surface area (Å²) in [7, 11) is 9.05. The van der Waals surface area contributed by atoms with Crippen molar-refractivity contribution in [3.8, 4) is 11.5 Å². The van der Waals surface area contributed by atoms with Crippen molar-refractivity contribution in [1.29, 1.82) is 0 Å². The summed E-state index contributed by atoms with van der Waals surface area (Å²) in [4.78, 5) is 40.4. The molecule has 0 aliphatic carbocycles. The van der Waals surface area contributed by atoms with Gasteiger partial charge in [0.05, 0.1) is 24.3 Å². The minimum absolute atomic E-state index is 0.0970. The lowest BCUT2D eigenvalue weighted by atomic mass is 9.87. The first kappa shape index (κ1) is 43.7. The highest BCUT2D eigenvalue weighted by atomic mass is 16.6. The van der Waals surface area contributed by atoms with Crippen molar-refractivity contribution >= 4 is 23.6 Å². The Bertz CT molecular complexity index is 1590. The maximum absolute atomic E-state index is 12.3. The minimum atomic E-state index is -0.670. The fraction of sp³-hybridized carbons (Fsp3) is 0.488. The highest BCUT2D eigenvalue weighted by molar-refractivity contribution is 5.90. The summed E-state index contributed by atoms with van der Waals surface area (Å²) >= 11 is 0. The maximum Gasteiger partial charge on any atom is 0.338 e. The number of unbranched alkanes of at least 4 members (excludes halogenated alkanes) is 1. The van der Waals surface area contributed by atoms with E-state index in [2.05, 4.69) is 22.5 Å². The number of nitrogens with zero attached hydrogens (tertiary/aromatic N) is 2. The molecular weight excluding hydrogens is 692 g/mol. The van der Waals surface area contributed by atoms with E-state index in [0.717, 1.165) is 38.0 Å². The first-order valence-electron chi connectivity index (χ1n) is 18.5. The molecule has 2 fully saturated rings. The first-order valence-corrected chi connectivity index (χ1v) is 18.5. The fourth-order valence-electron chi connectivity index (χ4n) is 6.36. The van der Waals surface area contributed by atoms with E-state index in [0.29, 0.717) is 42.3 Å². The summed E-state index contributed by atoms with van der Waals surface area (Å²) < 4.78 is 15.8. The second kappa shape index (κ2) is 22.5. The van der Waals surface area contributed by atoms with Gasteiger partial charge in [-0.2, -0.15) is 0 Å². The number of phenolic OH excluding ortho intramolecular Hbond substituents is 2. The average Bonchev–Trinajstić information content (AvgIpc) is 3.40. The predicted molar refractivity (Wildman–Crippen MR) is 208 cm³/mol. The van der Waals surface area contributed by atoms with Gasteiger partial charge < -0.3 is 45.1 Å². The van der Waals surface area contributed by atoms with Gasteiger partial charge >= 0.3 is 17.9 Å². The lowest BCUT2D eigenvalue weighted by Crippen LogP contribution is -2.53. The quantitative estimate of drug-likeness (QED) is 0.0658. The third kappa shape index (κ3) is 13.3. The van der Waals surface area contributed by atoms with Crippen molar-refractivity contribution in [2.45, 2.75) is 63.3 Å².